The third-order valence-electron chi connectivity index (χ3n) is 6.42. The molecule has 10 nitrogen and oxygen atoms in total. The number of hydrogen-bond donors (Lipinski definition) is 1. The van der Waals surface area contributed by atoms with Gasteiger partial charge in [-0.25, -0.2) is 9.37 Å². The van der Waals surface area contributed by atoms with Gasteiger partial charge >= 0.3 is 6.43 Å². The number of carbonyl (C=O) groups excluding carboxylic acids is 2. The first kappa shape index (κ1) is 25.4. The molecule has 13 heteroatoms. The maximum absolute atomic E-state index is 14.1. The summed E-state index contributed by atoms with van der Waals surface area (Å²) in [6.45, 7) is 0.147. The minimum atomic E-state index is -2.88. The Hall–Kier alpha value is -4.26. The smallest absolute Gasteiger partial charge is 0.314 e. The molecule has 0 aliphatic carbocycles. The summed E-state index contributed by atoms with van der Waals surface area (Å²) in [5.74, 6) is -2.35. The van der Waals surface area contributed by atoms with Crippen LogP contribution in [0.25, 0.3) is 17.1 Å². The molecule has 4 aromatic rings. The summed E-state index contributed by atoms with van der Waals surface area (Å²) in [6.07, 6.45) is 1.30. The van der Waals surface area contributed by atoms with E-state index in [2.05, 4.69) is 15.2 Å². The average Bonchev–Trinajstić information content (AvgIpc) is 3.58. The number of hydrogen-bond acceptors (Lipinski definition) is 7. The van der Waals surface area contributed by atoms with Gasteiger partial charge in [0.2, 0.25) is 17.7 Å². The molecule has 1 saturated heterocycles. The molecule has 0 bridgehead atoms. The van der Waals surface area contributed by atoms with Crippen molar-refractivity contribution in [2.45, 2.75) is 25.8 Å². The highest BCUT2D eigenvalue weighted by atomic mass is 19.3. The molecule has 4 heterocycles. The lowest BCUT2D eigenvalue weighted by atomic mass is 9.94. The predicted octanol–water partition coefficient (Wildman–Crippen LogP) is 3.23. The number of benzene rings is 1. The van der Waals surface area contributed by atoms with E-state index in [9.17, 15) is 22.8 Å². The van der Waals surface area contributed by atoms with Crippen LogP contribution in [0.15, 0.2) is 53.2 Å². The highest BCUT2D eigenvalue weighted by Crippen LogP contribution is 2.27. The lowest BCUT2D eigenvalue weighted by molar-refractivity contribution is -0.137. The van der Waals surface area contributed by atoms with Gasteiger partial charge in [-0.15, -0.1) is 10.2 Å². The van der Waals surface area contributed by atoms with Gasteiger partial charge in [0.15, 0.2) is 0 Å². The van der Waals surface area contributed by atoms with Gasteiger partial charge < -0.3 is 23.7 Å². The molecule has 3 aromatic heterocycles. The first-order valence-electron chi connectivity index (χ1n) is 11.9. The fourth-order valence-electron chi connectivity index (χ4n) is 4.48. The van der Waals surface area contributed by atoms with Crippen LogP contribution in [0.5, 0.6) is 0 Å². The van der Waals surface area contributed by atoms with Crippen molar-refractivity contribution >= 4 is 23.1 Å². The number of fused-ring (bicyclic) bond motifs is 1. The molecule has 2 amide bonds. The number of carbonyl (C=O) groups is 2. The van der Waals surface area contributed by atoms with Gasteiger partial charge in [0, 0.05) is 42.7 Å². The molecule has 0 unspecified atom stereocenters. The molecule has 38 heavy (non-hydrogen) atoms. The first-order chi connectivity index (χ1) is 18.3. The number of amides is 2. The molecular formula is C25H23F3N6O4. The highest BCUT2D eigenvalue weighted by molar-refractivity contribution is 5.95. The number of alkyl halides is 2. The molecule has 198 valence electrons. The SMILES string of the molecule is O=C(CO)N1CCC(C(=O)N(Cc2cn3ccc(-c4nnc(C(F)F)o4)cc3n2)c2cccc(F)c2)CC1. The van der Waals surface area contributed by atoms with E-state index >= 15 is 0 Å². The normalized spacial score (nSPS) is 14.4. The van der Waals surface area contributed by atoms with Crippen molar-refractivity contribution in [2.75, 3.05) is 24.6 Å². The Bertz CT molecular complexity index is 1460. The van der Waals surface area contributed by atoms with Crippen LogP contribution in [0.4, 0.5) is 18.9 Å². The monoisotopic (exact) mass is 528 g/mol. The van der Waals surface area contributed by atoms with E-state index in [1.807, 2.05) is 0 Å². The van der Waals surface area contributed by atoms with E-state index in [0.29, 0.717) is 48.5 Å². The summed E-state index contributed by atoms with van der Waals surface area (Å²) in [6, 6.07) is 8.91. The van der Waals surface area contributed by atoms with Gasteiger partial charge in [-0.1, -0.05) is 6.07 Å². The fraction of sp³-hybridized carbons (Fsp3) is 0.320. The Balaban J connectivity index is 1.39. The molecular weight excluding hydrogens is 505 g/mol. The third kappa shape index (κ3) is 5.23. The fourth-order valence-corrected chi connectivity index (χ4v) is 4.48. The summed E-state index contributed by atoms with van der Waals surface area (Å²) in [5, 5.41) is 16.1. The standard InChI is InChI=1S/C25H23F3N6O4/c26-17-2-1-3-19(11-17)34(25(37)15-4-7-32(8-5-15)21(36)14-35)13-18-12-33-9-6-16(10-20(33)29-18)23-30-31-24(38-23)22(27)28/h1-3,6,9-12,15,22,35H,4-5,7-8,13-14H2. The van der Waals surface area contributed by atoms with Crippen molar-refractivity contribution in [3.05, 3.63) is 66.2 Å². The second-order valence-electron chi connectivity index (χ2n) is 8.88. The summed E-state index contributed by atoms with van der Waals surface area (Å²) >= 11 is 0. The summed E-state index contributed by atoms with van der Waals surface area (Å²) in [5.41, 5.74) is 1.73. The van der Waals surface area contributed by atoms with Crippen LogP contribution >= 0.6 is 0 Å². The van der Waals surface area contributed by atoms with Crippen LogP contribution in [0.2, 0.25) is 0 Å². The Morgan fingerprint density at radius 3 is 2.63 bits per heavy atom. The van der Waals surface area contributed by atoms with Gasteiger partial charge in [-0.05, 0) is 43.2 Å². The van der Waals surface area contributed by atoms with E-state index in [1.165, 1.54) is 28.0 Å². The van der Waals surface area contributed by atoms with Crippen molar-refractivity contribution in [3.63, 3.8) is 0 Å². The van der Waals surface area contributed by atoms with Crippen LogP contribution < -0.4 is 4.90 Å². The minimum absolute atomic E-state index is 0.0468. The number of aromatic nitrogens is 4. The summed E-state index contributed by atoms with van der Waals surface area (Å²) < 4.78 is 46.4. The molecule has 5 rings (SSSR count). The minimum Gasteiger partial charge on any atom is -0.415 e. The Labute approximate surface area is 214 Å². The molecule has 0 saturated carbocycles. The Kier molecular flexibility index (Phi) is 7.09. The Morgan fingerprint density at radius 1 is 1.16 bits per heavy atom. The maximum Gasteiger partial charge on any atom is 0.314 e. The number of halogens is 3. The van der Waals surface area contributed by atoms with Gasteiger partial charge in [-0.2, -0.15) is 8.78 Å². The Morgan fingerprint density at radius 2 is 1.95 bits per heavy atom. The van der Waals surface area contributed by atoms with Crippen molar-refractivity contribution in [2.24, 2.45) is 5.92 Å². The number of rotatable bonds is 7. The van der Waals surface area contributed by atoms with Crippen LogP contribution in [0.1, 0.15) is 30.9 Å². The number of piperidine rings is 1. The van der Waals surface area contributed by atoms with E-state index in [0.717, 1.165) is 0 Å². The van der Waals surface area contributed by atoms with Crippen molar-refractivity contribution in [1.29, 1.82) is 0 Å². The topological polar surface area (TPSA) is 117 Å². The van der Waals surface area contributed by atoms with E-state index < -0.39 is 30.7 Å². The van der Waals surface area contributed by atoms with E-state index in [4.69, 9.17) is 9.52 Å². The summed E-state index contributed by atoms with van der Waals surface area (Å²) in [7, 11) is 0. The lowest BCUT2D eigenvalue weighted by Gasteiger charge is -2.34. The van der Waals surface area contributed by atoms with Gasteiger partial charge in [0.25, 0.3) is 5.89 Å². The van der Waals surface area contributed by atoms with Gasteiger partial charge in [-0.3, -0.25) is 9.59 Å². The zero-order valence-corrected chi connectivity index (χ0v) is 20.0. The molecule has 1 fully saturated rings. The number of anilines is 1. The number of pyridine rings is 1. The zero-order valence-electron chi connectivity index (χ0n) is 20.0. The molecule has 0 spiro atoms. The molecule has 1 aliphatic heterocycles. The van der Waals surface area contributed by atoms with Crippen molar-refractivity contribution in [1.82, 2.24) is 24.5 Å². The van der Waals surface area contributed by atoms with Crippen LogP contribution in [-0.4, -0.2) is 61.1 Å². The number of imidazole rings is 1. The number of nitrogens with zero attached hydrogens (tertiary/aromatic N) is 6. The van der Waals surface area contributed by atoms with E-state index in [1.54, 1.807) is 35.0 Å². The first-order valence-corrected chi connectivity index (χ1v) is 11.9. The lowest BCUT2D eigenvalue weighted by Crippen LogP contribution is -2.45. The molecule has 0 atom stereocenters. The second-order valence-corrected chi connectivity index (χ2v) is 8.88. The molecule has 1 aromatic carbocycles. The zero-order chi connectivity index (χ0) is 26.8. The number of likely N-dealkylation sites (tertiary alicyclic amines) is 1. The quantitative estimate of drug-likeness (QED) is 0.392. The van der Waals surface area contributed by atoms with Gasteiger partial charge in [0.05, 0.1) is 12.2 Å². The number of aliphatic hydroxyl groups is 1. The van der Waals surface area contributed by atoms with E-state index in [-0.39, 0.29) is 24.2 Å². The number of aliphatic hydroxyl groups excluding tert-OH is 1. The molecule has 1 aliphatic rings. The van der Waals surface area contributed by atoms with Crippen LogP contribution in [0, 0.1) is 11.7 Å². The predicted molar refractivity (Wildman–Crippen MR) is 127 cm³/mol. The van der Waals surface area contributed by atoms with Crippen molar-refractivity contribution < 1.29 is 32.3 Å². The molecule has 1 N–H and O–H groups in total. The maximum atomic E-state index is 14.1. The largest absolute Gasteiger partial charge is 0.415 e. The third-order valence-corrected chi connectivity index (χ3v) is 6.42. The second kappa shape index (κ2) is 10.6. The van der Waals surface area contributed by atoms with Gasteiger partial charge in [0.1, 0.15) is 18.1 Å². The summed E-state index contributed by atoms with van der Waals surface area (Å²) in [4.78, 5) is 32.9. The molecule has 0 radical (unpaired) electrons. The van der Waals surface area contributed by atoms with Crippen LogP contribution in [-0.2, 0) is 16.1 Å². The average molecular weight is 528 g/mol. The van der Waals surface area contributed by atoms with Crippen molar-refractivity contribution in [3.8, 4) is 11.5 Å². The highest BCUT2D eigenvalue weighted by Gasteiger charge is 2.31. The van der Waals surface area contributed by atoms with Crippen LogP contribution in [0.3, 0.4) is 0 Å².